The summed E-state index contributed by atoms with van der Waals surface area (Å²) in [5.41, 5.74) is 0.747. The molecule has 0 radical (unpaired) electrons. The van der Waals surface area contributed by atoms with Crippen LogP contribution in [0.4, 0.5) is 5.82 Å². The lowest BCUT2D eigenvalue weighted by Gasteiger charge is -2.13. The van der Waals surface area contributed by atoms with Gasteiger partial charge in [-0.15, -0.1) is 0 Å². The Kier molecular flexibility index (Phi) is 3.44. The van der Waals surface area contributed by atoms with Gasteiger partial charge in [0.05, 0.1) is 11.6 Å². The lowest BCUT2D eigenvalue weighted by atomic mass is 10.2. The van der Waals surface area contributed by atoms with Crippen LogP contribution in [0.25, 0.3) is 0 Å². The number of hydrogen-bond acceptors (Lipinski definition) is 3. The number of nitrogens with zero attached hydrogens (tertiary/aromatic N) is 1. The minimum absolute atomic E-state index is 0.0174. The summed E-state index contributed by atoms with van der Waals surface area (Å²) in [7, 11) is 0. The number of aromatic nitrogens is 1. The maximum Gasteiger partial charge on any atom is 0.144 e. The largest absolute Gasteiger partial charge is 0.392 e. The Bertz CT molecular complexity index is 337. The predicted molar refractivity (Wildman–Crippen MR) is 61.0 cm³/mol. The third-order valence-electron chi connectivity index (χ3n) is 2.78. The van der Waals surface area contributed by atoms with Gasteiger partial charge in [-0.2, -0.15) is 0 Å². The van der Waals surface area contributed by atoms with E-state index in [0.29, 0.717) is 11.1 Å². The van der Waals surface area contributed by atoms with E-state index < -0.39 is 0 Å². The quantitative estimate of drug-likeness (QED) is 0.833. The van der Waals surface area contributed by atoms with Crippen molar-refractivity contribution in [2.24, 2.45) is 0 Å². The normalized spacial score (nSPS) is 16.9. The molecule has 1 aromatic rings. The molecular formula is C11H15ClN2O. The monoisotopic (exact) mass is 226 g/mol. The number of aliphatic hydroxyl groups is 1. The van der Waals surface area contributed by atoms with Crippen molar-refractivity contribution in [3.63, 3.8) is 0 Å². The fourth-order valence-electron chi connectivity index (χ4n) is 1.93. The van der Waals surface area contributed by atoms with Crippen molar-refractivity contribution in [2.75, 3.05) is 5.32 Å². The molecule has 0 bridgehead atoms. The van der Waals surface area contributed by atoms with Gasteiger partial charge in [0.1, 0.15) is 5.82 Å². The van der Waals surface area contributed by atoms with Crippen LogP contribution in [0, 0.1) is 0 Å². The molecule has 2 rings (SSSR count). The van der Waals surface area contributed by atoms with Gasteiger partial charge in [-0.25, -0.2) is 4.98 Å². The van der Waals surface area contributed by atoms with E-state index in [-0.39, 0.29) is 6.61 Å². The maximum absolute atomic E-state index is 8.92. The van der Waals surface area contributed by atoms with Gasteiger partial charge in [-0.05, 0) is 24.5 Å². The minimum Gasteiger partial charge on any atom is -0.392 e. The average Bonchev–Trinajstić information content (AvgIpc) is 2.74. The zero-order chi connectivity index (χ0) is 10.7. The third kappa shape index (κ3) is 2.61. The Labute approximate surface area is 94.5 Å². The van der Waals surface area contributed by atoms with Crippen LogP contribution < -0.4 is 5.32 Å². The molecule has 0 atom stereocenters. The smallest absolute Gasteiger partial charge is 0.144 e. The molecule has 82 valence electrons. The number of aliphatic hydroxyl groups excluding tert-OH is 1. The van der Waals surface area contributed by atoms with Crippen LogP contribution in [0.1, 0.15) is 31.2 Å². The molecule has 1 aliphatic rings. The van der Waals surface area contributed by atoms with Gasteiger partial charge in [-0.3, -0.25) is 0 Å². The molecule has 1 aliphatic carbocycles. The number of rotatable bonds is 3. The van der Waals surface area contributed by atoms with Crippen molar-refractivity contribution in [1.82, 2.24) is 4.98 Å². The van der Waals surface area contributed by atoms with Crippen molar-refractivity contribution in [2.45, 2.75) is 38.3 Å². The fraction of sp³-hybridized carbons (Fsp3) is 0.545. The average molecular weight is 227 g/mol. The van der Waals surface area contributed by atoms with E-state index in [1.54, 1.807) is 12.3 Å². The zero-order valence-corrected chi connectivity index (χ0v) is 9.30. The van der Waals surface area contributed by atoms with E-state index in [9.17, 15) is 0 Å². The Balaban J connectivity index is 2.07. The van der Waals surface area contributed by atoms with E-state index in [2.05, 4.69) is 10.3 Å². The minimum atomic E-state index is -0.0174. The number of nitrogens with one attached hydrogen (secondary N) is 1. The molecule has 1 saturated carbocycles. The second-order valence-corrected chi connectivity index (χ2v) is 4.37. The Hall–Kier alpha value is -0.800. The lowest BCUT2D eigenvalue weighted by molar-refractivity contribution is 0.281. The van der Waals surface area contributed by atoms with Gasteiger partial charge in [0.25, 0.3) is 0 Å². The van der Waals surface area contributed by atoms with E-state index in [1.165, 1.54) is 25.7 Å². The molecule has 15 heavy (non-hydrogen) atoms. The molecule has 0 unspecified atom stereocenters. The van der Waals surface area contributed by atoms with E-state index in [0.717, 1.165) is 11.4 Å². The highest BCUT2D eigenvalue weighted by atomic mass is 35.5. The van der Waals surface area contributed by atoms with Crippen molar-refractivity contribution >= 4 is 17.4 Å². The summed E-state index contributed by atoms with van der Waals surface area (Å²) in [6, 6.07) is 2.27. The van der Waals surface area contributed by atoms with Crippen LogP contribution in [-0.2, 0) is 6.61 Å². The van der Waals surface area contributed by atoms with Crippen LogP contribution in [0.5, 0.6) is 0 Å². The van der Waals surface area contributed by atoms with Gasteiger partial charge in [0, 0.05) is 12.2 Å². The number of hydrogen-bond donors (Lipinski definition) is 2. The maximum atomic E-state index is 8.92. The summed E-state index contributed by atoms with van der Waals surface area (Å²) in [6.07, 6.45) is 6.61. The van der Waals surface area contributed by atoms with Gasteiger partial charge in [0.15, 0.2) is 0 Å². The standard InChI is InChI=1S/C11H15ClN2O/c12-10-5-8(7-15)6-13-11(10)14-9-3-1-2-4-9/h5-6,9,15H,1-4,7H2,(H,13,14). The molecule has 3 nitrogen and oxygen atoms in total. The lowest BCUT2D eigenvalue weighted by Crippen LogP contribution is -2.15. The van der Waals surface area contributed by atoms with Crippen molar-refractivity contribution in [1.29, 1.82) is 0 Å². The summed E-state index contributed by atoms with van der Waals surface area (Å²) < 4.78 is 0. The first-order valence-electron chi connectivity index (χ1n) is 5.31. The number of pyridine rings is 1. The SMILES string of the molecule is OCc1cnc(NC2CCCC2)c(Cl)c1. The molecule has 0 saturated heterocycles. The topological polar surface area (TPSA) is 45.2 Å². The molecule has 0 spiro atoms. The molecule has 1 heterocycles. The van der Waals surface area contributed by atoms with Crippen molar-refractivity contribution in [3.05, 3.63) is 22.8 Å². The molecule has 0 amide bonds. The number of halogens is 1. The summed E-state index contributed by atoms with van der Waals surface area (Å²) in [5.74, 6) is 0.737. The first kappa shape index (κ1) is 10.7. The second kappa shape index (κ2) is 4.81. The third-order valence-corrected chi connectivity index (χ3v) is 3.06. The van der Waals surface area contributed by atoms with Gasteiger partial charge < -0.3 is 10.4 Å². The van der Waals surface area contributed by atoms with Crippen LogP contribution >= 0.6 is 11.6 Å². The molecule has 0 aromatic carbocycles. The summed E-state index contributed by atoms with van der Waals surface area (Å²) >= 11 is 6.05. The first-order valence-corrected chi connectivity index (χ1v) is 5.69. The molecule has 1 fully saturated rings. The van der Waals surface area contributed by atoms with Gasteiger partial charge in [-0.1, -0.05) is 24.4 Å². The summed E-state index contributed by atoms with van der Waals surface area (Å²) in [5, 5.41) is 12.8. The van der Waals surface area contributed by atoms with Gasteiger partial charge in [0.2, 0.25) is 0 Å². The Morgan fingerprint density at radius 2 is 2.20 bits per heavy atom. The van der Waals surface area contributed by atoms with Crippen LogP contribution in [0.2, 0.25) is 5.02 Å². The Morgan fingerprint density at radius 3 is 2.80 bits per heavy atom. The Morgan fingerprint density at radius 1 is 1.47 bits per heavy atom. The molecule has 2 N–H and O–H groups in total. The van der Waals surface area contributed by atoms with Crippen LogP contribution in [-0.4, -0.2) is 16.1 Å². The summed E-state index contributed by atoms with van der Waals surface area (Å²) in [6.45, 7) is -0.0174. The van der Waals surface area contributed by atoms with Crippen LogP contribution in [0.15, 0.2) is 12.3 Å². The van der Waals surface area contributed by atoms with E-state index in [4.69, 9.17) is 16.7 Å². The molecule has 4 heteroatoms. The van der Waals surface area contributed by atoms with Gasteiger partial charge >= 0.3 is 0 Å². The second-order valence-electron chi connectivity index (χ2n) is 3.96. The first-order chi connectivity index (χ1) is 7.29. The van der Waals surface area contributed by atoms with Crippen LogP contribution in [0.3, 0.4) is 0 Å². The van der Waals surface area contributed by atoms with Crippen molar-refractivity contribution in [3.8, 4) is 0 Å². The predicted octanol–water partition coefficient (Wildman–Crippen LogP) is 2.58. The van der Waals surface area contributed by atoms with E-state index in [1.807, 2.05) is 0 Å². The fourth-order valence-corrected chi connectivity index (χ4v) is 2.18. The highest BCUT2D eigenvalue weighted by Crippen LogP contribution is 2.26. The summed E-state index contributed by atoms with van der Waals surface area (Å²) in [4.78, 5) is 4.21. The molecule has 0 aliphatic heterocycles. The van der Waals surface area contributed by atoms with E-state index >= 15 is 0 Å². The molecule has 1 aromatic heterocycles. The number of anilines is 1. The molecular weight excluding hydrogens is 212 g/mol. The zero-order valence-electron chi connectivity index (χ0n) is 8.54. The highest BCUT2D eigenvalue weighted by Gasteiger charge is 2.16. The highest BCUT2D eigenvalue weighted by molar-refractivity contribution is 6.32. The van der Waals surface area contributed by atoms with Crippen molar-refractivity contribution < 1.29 is 5.11 Å².